The van der Waals surface area contributed by atoms with E-state index in [0.717, 1.165) is 33.2 Å². The lowest BCUT2D eigenvalue weighted by Gasteiger charge is -2.30. The first kappa shape index (κ1) is 21.1. The highest BCUT2D eigenvalue weighted by atomic mass is 16.3. The highest BCUT2D eigenvalue weighted by molar-refractivity contribution is 6.14. The van der Waals surface area contributed by atoms with Crippen LogP contribution >= 0.6 is 0 Å². The lowest BCUT2D eigenvalue weighted by Crippen LogP contribution is -2.30. The Balaban J connectivity index is 1.38. The minimum absolute atomic E-state index is 0.104. The van der Waals surface area contributed by atoms with Gasteiger partial charge in [0.2, 0.25) is 5.69 Å². The first-order valence-electron chi connectivity index (χ1n) is 17.0. The van der Waals surface area contributed by atoms with Crippen LogP contribution < -0.4 is 4.57 Å². The lowest BCUT2D eigenvalue weighted by molar-refractivity contribution is -0.660. The number of rotatable bonds is 4. The third kappa shape index (κ3) is 4.39. The number of hydrogen-bond acceptors (Lipinski definition) is 2. The fraction of sp³-hybridized carbons (Fsp3) is 0.231. The summed E-state index contributed by atoms with van der Waals surface area (Å²) >= 11 is 0. The third-order valence-corrected chi connectivity index (χ3v) is 8.78. The summed E-state index contributed by atoms with van der Waals surface area (Å²) < 4.78 is 53.0. The molecule has 42 heavy (non-hydrogen) atoms. The SMILES string of the molecule is [2H]C([2H])([2H])c1cc(-c2c(C#N)ccc3c2oc2c(-c4cccc[n+]4C)c(C)ccc23)ccc1C1([2H])CCC([2H])(c2ccccc2)CC1. The van der Waals surface area contributed by atoms with E-state index < -0.39 is 18.6 Å². The first-order valence-corrected chi connectivity index (χ1v) is 14.5. The predicted molar refractivity (Wildman–Crippen MR) is 170 cm³/mol. The molecule has 0 radical (unpaired) electrons. The summed E-state index contributed by atoms with van der Waals surface area (Å²) in [6.45, 7) is -0.445. The number of nitrogens with zero attached hydrogens (tertiary/aromatic N) is 2. The summed E-state index contributed by atoms with van der Waals surface area (Å²) in [6, 6.07) is 31.0. The third-order valence-electron chi connectivity index (χ3n) is 8.78. The molecule has 0 aliphatic heterocycles. The van der Waals surface area contributed by atoms with Crippen LogP contribution in [0.25, 0.3) is 44.3 Å². The fourth-order valence-corrected chi connectivity index (χ4v) is 6.58. The molecule has 2 heterocycles. The zero-order chi connectivity index (χ0) is 33.1. The fourth-order valence-electron chi connectivity index (χ4n) is 6.58. The van der Waals surface area contributed by atoms with Gasteiger partial charge >= 0.3 is 0 Å². The van der Waals surface area contributed by atoms with Crippen molar-refractivity contribution in [2.24, 2.45) is 7.05 Å². The average molecular weight is 553 g/mol. The van der Waals surface area contributed by atoms with Crippen molar-refractivity contribution in [1.29, 1.82) is 5.26 Å². The van der Waals surface area contributed by atoms with Crippen LogP contribution in [0.5, 0.6) is 0 Å². The molecule has 2 aromatic heterocycles. The zero-order valence-corrected chi connectivity index (χ0v) is 23.9. The van der Waals surface area contributed by atoms with Gasteiger partial charge in [0, 0.05) is 35.3 Å². The largest absolute Gasteiger partial charge is 0.454 e. The smallest absolute Gasteiger partial charge is 0.216 e. The summed E-state index contributed by atoms with van der Waals surface area (Å²) in [5.74, 6) is -1.96. The van der Waals surface area contributed by atoms with E-state index >= 15 is 0 Å². The Hall–Kier alpha value is -4.68. The van der Waals surface area contributed by atoms with Gasteiger partial charge in [0.25, 0.3) is 0 Å². The van der Waals surface area contributed by atoms with Crippen molar-refractivity contribution < 1.29 is 15.8 Å². The van der Waals surface area contributed by atoms with Gasteiger partial charge in [0.15, 0.2) is 6.20 Å². The van der Waals surface area contributed by atoms with Crippen molar-refractivity contribution in [1.82, 2.24) is 0 Å². The predicted octanol–water partition coefficient (Wildman–Crippen LogP) is 9.67. The van der Waals surface area contributed by atoms with Crippen molar-refractivity contribution in [3.05, 3.63) is 125 Å². The summed E-state index contributed by atoms with van der Waals surface area (Å²) in [5.41, 5.74) is 7.19. The number of fused-ring (bicyclic) bond motifs is 3. The molecule has 7 rings (SSSR count). The number of aromatic nitrogens is 1. The number of aryl methyl sites for hydroxylation is 3. The van der Waals surface area contributed by atoms with Gasteiger partial charge in [0.1, 0.15) is 18.2 Å². The van der Waals surface area contributed by atoms with Gasteiger partial charge < -0.3 is 4.42 Å². The van der Waals surface area contributed by atoms with Crippen LogP contribution in [0.4, 0.5) is 0 Å². The molecule has 0 unspecified atom stereocenters. The van der Waals surface area contributed by atoms with E-state index in [1.807, 2.05) is 91.5 Å². The van der Waals surface area contributed by atoms with E-state index in [9.17, 15) is 6.63 Å². The number of nitriles is 1. The highest BCUT2D eigenvalue weighted by Crippen LogP contribution is 2.44. The van der Waals surface area contributed by atoms with Gasteiger partial charge in [-0.05, 0) is 97.3 Å². The molecule has 6 aromatic rings. The van der Waals surface area contributed by atoms with Crippen LogP contribution in [-0.4, -0.2) is 0 Å². The molecular formula is C39H35N2O+. The van der Waals surface area contributed by atoms with Crippen LogP contribution in [-0.2, 0) is 7.05 Å². The van der Waals surface area contributed by atoms with Crippen molar-refractivity contribution >= 4 is 21.9 Å². The Morgan fingerprint density at radius 1 is 0.810 bits per heavy atom. The molecule has 206 valence electrons. The average Bonchev–Trinajstić information content (AvgIpc) is 3.44. The molecule has 0 atom stereocenters. The second-order valence-corrected chi connectivity index (χ2v) is 11.2. The second-order valence-electron chi connectivity index (χ2n) is 11.2. The van der Waals surface area contributed by atoms with Gasteiger partial charge in [-0.25, -0.2) is 4.57 Å². The molecule has 1 saturated carbocycles. The number of hydrogen-bond donors (Lipinski definition) is 0. The standard InChI is InChI=1S/C39H35N2O/c1-25-12-19-33-34-21-18-31(24-40)37(39(34)42-38(33)36(25)35-11-7-8-22-41(35)3)30-17-20-32(26(2)23-30)29-15-13-28(14-16-29)27-9-5-4-6-10-27/h4-12,17-23,28-29H,13-16H2,1-3H3/q+1/i2D3,28D,29D. The summed E-state index contributed by atoms with van der Waals surface area (Å²) in [7, 11) is 1.99. The van der Waals surface area contributed by atoms with Gasteiger partial charge in [-0.3, -0.25) is 0 Å². The Morgan fingerprint density at radius 3 is 2.26 bits per heavy atom. The molecule has 0 spiro atoms. The van der Waals surface area contributed by atoms with Crippen molar-refractivity contribution in [3.8, 4) is 28.5 Å². The molecule has 3 heteroatoms. The minimum atomic E-state index is -2.49. The van der Waals surface area contributed by atoms with E-state index in [2.05, 4.69) is 12.1 Å². The maximum Gasteiger partial charge on any atom is 0.216 e. The normalized spacial score (nSPS) is 22.5. The van der Waals surface area contributed by atoms with Gasteiger partial charge in [-0.15, -0.1) is 0 Å². The first-order chi connectivity index (χ1) is 22.4. The monoisotopic (exact) mass is 552 g/mol. The molecule has 0 amide bonds. The van der Waals surface area contributed by atoms with Crippen LogP contribution in [0, 0.1) is 25.1 Å². The molecular weight excluding hydrogens is 512 g/mol. The molecule has 0 saturated heterocycles. The van der Waals surface area contributed by atoms with Gasteiger partial charge in [0.05, 0.1) is 17.2 Å². The Labute approximate surface area is 254 Å². The summed E-state index contributed by atoms with van der Waals surface area (Å²) in [4.78, 5) is 0. The maximum atomic E-state index is 10.2. The lowest BCUT2D eigenvalue weighted by atomic mass is 9.75. The molecule has 0 bridgehead atoms. The zero-order valence-electron chi connectivity index (χ0n) is 28.9. The molecule has 0 N–H and O–H groups in total. The van der Waals surface area contributed by atoms with Gasteiger partial charge in [-0.2, -0.15) is 5.26 Å². The van der Waals surface area contributed by atoms with Crippen molar-refractivity contribution in [3.63, 3.8) is 0 Å². The molecule has 1 fully saturated rings. The second kappa shape index (κ2) is 10.6. The summed E-state index contributed by atoms with van der Waals surface area (Å²) in [6.07, 6.45) is 3.65. The van der Waals surface area contributed by atoms with Crippen molar-refractivity contribution in [2.75, 3.05) is 0 Å². The van der Waals surface area contributed by atoms with E-state index in [1.165, 1.54) is 0 Å². The molecule has 1 aliphatic rings. The number of furan rings is 1. The van der Waals surface area contributed by atoms with Gasteiger partial charge in [-0.1, -0.05) is 60.7 Å². The summed E-state index contributed by atoms with van der Waals surface area (Å²) in [5, 5.41) is 12.0. The van der Waals surface area contributed by atoms with E-state index in [1.54, 1.807) is 18.2 Å². The van der Waals surface area contributed by atoms with E-state index in [-0.39, 0.29) is 5.56 Å². The quantitative estimate of drug-likeness (QED) is 0.204. The van der Waals surface area contributed by atoms with E-state index in [0.29, 0.717) is 59.1 Å². The van der Waals surface area contributed by atoms with Crippen molar-refractivity contribution in [2.45, 2.75) is 51.2 Å². The Bertz CT molecular complexity index is 2200. The Kier molecular flexibility index (Phi) is 5.33. The molecule has 4 aromatic carbocycles. The van der Waals surface area contributed by atoms with E-state index in [4.69, 9.17) is 9.90 Å². The topological polar surface area (TPSA) is 40.8 Å². The molecule has 3 nitrogen and oxygen atoms in total. The minimum Gasteiger partial charge on any atom is -0.454 e. The highest BCUT2D eigenvalue weighted by Gasteiger charge is 2.26. The Morgan fingerprint density at radius 2 is 1.52 bits per heavy atom. The maximum absolute atomic E-state index is 10.2. The van der Waals surface area contributed by atoms with Crippen LogP contribution in [0.2, 0.25) is 0 Å². The van der Waals surface area contributed by atoms with Crippen LogP contribution in [0.15, 0.2) is 102 Å². The number of benzene rings is 4. The van der Waals surface area contributed by atoms with Crippen LogP contribution in [0.3, 0.4) is 0 Å². The molecule has 1 aliphatic carbocycles. The van der Waals surface area contributed by atoms with Crippen LogP contribution in [0.1, 0.15) is 72.1 Å². The number of pyridine rings is 1.